The fraction of sp³-hybridized carbons (Fsp3) is 0.429. The van der Waals surface area contributed by atoms with Crippen LogP contribution in [0.25, 0.3) is 19.8 Å². The Morgan fingerprint density at radius 2 is 1.26 bits per heavy atom. The summed E-state index contributed by atoms with van der Waals surface area (Å²) in [4.78, 5) is 2.85. The fourth-order valence-electron chi connectivity index (χ4n) is 2.48. The lowest BCUT2D eigenvalue weighted by Gasteiger charge is -2.19. The van der Waals surface area contributed by atoms with Crippen LogP contribution >= 0.6 is 22.7 Å². The van der Waals surface area contributed by atoms with Crippen LogP contribution in [0.3, 0.4) is 0 Å². The minimum Gasteiger partial charge on any atom is -0.139 e. The molecule has 2 heteroatoms. The molecule has 2 aromatic heterocycles. The minimum absolute atomic E-state index is 0. The van der Waals surface area contributed by atoms with Gasteiger partial charge in [-0.1, -0.05) is 73.2 Å². The molecule has 0 spiro atoms. The Kier molecular flexibility index (Phi) is 4.81. The van der Waals surface area contributed by atoms with Gasteiger partial charge in [-0.05, 0) is 34.1 Å². The Labute approximate surface area is 149 Å². The van der Waals surface area contributed by atoms with Gasteiger partial charge in [0.2, 0.25) is 0 Å². The standard InChI is InChI=1S/C20H24S2.CH4/c1-19(2,3)14-9-7-13(8-10-14)15-11-16-17(21-15)12-18(22-16)20(4,5)6;/h7-12H,1-6H3;1H4. The molecule has 3 rings (SSSR count). The van der Waals surface area contributed by atoms with Crippen molar-refractivity contribution in [1.29, 1.82) is 0 Å². The highest BCUT2D eigenvalue weighted by atomic mass is 32.1. The lowest BCUT2D eigenvalue weighted by Crippen LogP contribution is -2.10. The molecule has 0 atom stereocenters. The van der Waals surface area contributed by atoms with Crippen LogP contribution in [0.4, 0.5) is 0 Å². The molecule has 0 amide bonds. The average molecular weight is 345 g/mol. The quantitative estimate of drug-likeness (QED) is 0.421. The van der Waals surface area contributed by atoms with E-state index in [9.17, 15) is 0 Å². The molecule has 0 aliphatic rings. The van der Waals surface area contributed by atoms with Crippen molar-refractivity contribution in [2.75, 3.05) is 0 Å². The van der Waals surface area contributed by atoms with E-state index in [2.05, 4.69) is 77.9 Å². The van der Waals surface area contributed by atoms with Crippen molar-refractivity contribution in [2.45, 2.75) is 59.8 Å². The first-order chi connectivity index (χ1) is 10.1. The molecule has 0 N–H and O–H groups in total. The maximum atomic E-state index is 2.37. The molecule has 0 aliphatic heterocycles. The van der Waals surface area contributed by atoms with E-state index in [1.165, 1.54) is 30.3 Å². The Morgan fingerprint density at radius 1 is 0.696 bits per heavy atom. The largest absolute Gasteiger partial charge is 0.139 e. The zero-order chi connectivity index (χ0) is 16.1. The molecule has 0 saturated carbocycles. The molecule has 0 nitrogen and oxygen atoms in total. The Hall–Kier alpha value is -1.12. The van der Waals surface area contributed by atoms with Gasteiger partial charge in [0.25, 0.3) is 0 Å². The van der Waals surface area contributed by atoms with Gasteiger partial charge in [-0.3, -0.25) is 0 Å². The normalized spacial score (nSPS) is 12.4. The monoisotopic (exact) mass is 344 g/mol. The third-order valence-corrected chi connectivity index (χ3v) is 6.75. The molecule has 0 aliphatic carbocycles. The zero-order valence-electron chi connectivity index (χ0n) is 14.3. The lowest BCUT2D eigenvalue weighted by molar-refractivity contribution is 0.590. The summed E-state index contributed by atoms with van der Waals surface area (Å²) in [6.07, 6.45) is 0. The van der Waals surface area contributed by atoms with Gasteiger partial charge in [-0.15, -0.1) is 22.7 Å². The summed E-state index contributed by atoms with van der Waals surface area (Å²) in [6, 6.07) is 13.8. The average Bonchev–Trinajstić information content (AvgIpc) is 2.95. The van der Waals surface area contributed by atoms with Gasteiger partial charge in [-0.25, -0.2) is 0 Å². The summed E-state index contributed by atoms with van der Waals surface area (Å²) in [5, 5.41) is 0. The predicted molar refractivity (Wildman–Crippen MR) is 109 cm³/mol. The van der Waals surface area contributed by atoms with Crippen LogP contribution in [-0.4, -0.2) is 0 Å². The van der Waals surface area contributed by atoms with Crippen LogP contribution in [0.1, 0.15) is 59.4 Å². The molecular weight excluding hydrogens is 316 g/mol. The van der Waals surface area contributed by atoms with E-state index in [4.69, 9.17) is 0 Å². The summed E-state index contributed by atoms with van der Waals surface area (Å²) >= 11 is 3.85. The van der Waals surface area contributed by atoms with Crippen LogP contribution < -0.4 is 0 Å². The summed E-state index contributed by atoms with van der Waals surface area (Å²) in [5.41, 5.74) is 3.19. The van der Waals surface area contributed by atoms with E-state index >= 15 is 0 Å². The summed E-state index contributed by atoms with van der Waals surface area (Å²) in [5.74, 6) is 0. The van der Waals surface area contributed by atoms with Crippen molar-refractivity contribution in [1.82, 2.24) is 0 Å². The third kappa shape index (κ3) is 3.70. The van der Waals surface area contributed by atoms with Crippen LogP contribution in [-0.2, 0) is 10.8 Å². The van der Waals surface area contributed by atoms with Crippen molar-refractivity contribution in [2.24, 2.45) is 0 Å². The number of thiophene rings is 2. The molecule has 0 fully saturated rings. The molecule has 0 saturated heterocycles. The second-order valence-electron chi connectivity index (χ2n) is 8.03. The van der Waals surface area contributed by atoms with Gasteiger partial charge in [0.05, 0.1) is 0 Å². The molecule has 2 heterocycles. The Morgan fingerprint density at radius 3 is 1.74 bits per heavy atom. The van der Waals surface area contributed by atoms with E-state index in [1.807, 2.05) is 22.7 Å². The van der Waals surface area contributed by atoms with Crippen molar-refractivity contribution in [3.05, 3.63) is 46.8 Å². The molecule has 0 unspecified atom stereocenters. The number of rotatable bonds is 1. The third-order valence-electron chi connectivity index (χ3n) is 3.98. The highest BCUT2D eigenvalue weighted by molar-refractivity contribution is 7.29. The van der Waals surface area contributed by atoms with Crippen LogP contribution in [0.15, 0.2) is 36.4 Å². The molecule has 1 aromatic carbocycles. The highest BCUT2D eigenvalue weighted by Gasteiger charge is 2.18. The second-order valence-corrected chi connectivity index (χ2v) is 10.2. The maximum Gasteiger partial charge on any atom is 0.0460 e. The Bertz CT molecular complexity index is 756. The van der Waals surface area contributed by atoms with Crippen molar-refractivity contribution < 1.29 is 0 Å². The molecule has 0 bridgehead atoms. The van der Waals surface area contributed by atoms with Gasteiger partial charge in [-0.2, -0.15) is 0 Å². The highest BCUT2D eigenvalue weighted by Crippen LogP contribution is 2.41. The minimum atomic E-state index is 0. The second kappa shape index (κ2) is 6.07. The predicted octanol–water partition coefficient (Wildman–Crippen LogP) is 7.86. The first kappa shape index (κ1) is 18.2. The Balaban J connectivity index is 0.00000192. The van der Waals surface area contributed by atoms with Crippen LogP contribution in [0.5, 0.6) is 0 Å². The van der Waals surface area contributed by atoms with E-state index in [0.29, 0.717) is 0 Å². The number of fused-ring (bicyclic) bond motifs is 1. The molecule has 0 radical (unpaired) electrons. The lowest BCUT2D eigenvalue weighted by atomic mass is 9.86. The smallest absolute Gasteiger partial charge is 0.0460 e. The maximum absolute atomic E-state index is 2.37. The van der Waals surface area contributed by atoms with Crippen molar-refractivity contribution in [3.8, 4) is 10.4 Å². The van der Waals surface area contributed by atoms with Crippen molar-refractivity contribution >= 4 is 32.1 Å². The van der Waals surface area contributed by atoms with Crippen LogP contribution in [0, 0.1) is 0 Å². The summed E-state index contributed by atoms with van der Waals surface area (Å²) in [6.45, 7) is 13.6. The van der Waals surface area contributed by atoms with Crippen molar-refractivity contribution in [3.63, 3.8) is 0 Å². The number of hydrogen-bond donors (Lipinski definition) is 0. The van der Waals surface area contributed by atoms with E-state index < -0.39 is 0 Å². The molecular formula is C21H28S2. The fourth-order valence-corrected chi connectivity index (χ4v) is 4.94. The van der Waals surface area contributed by atoms with Crippen LogP contribution in [0.2, 0.25) is 0 Å². The van der Waals surface area contributed by atoms with Gasteiger partial charge in [0.15, 0.2) is 0 Å². The van der Waals surface area contributed by atoms with E-state index in [-0.39, 0.29) is 18.3 Å². The zero-order valence-corrected chi connectivity index (χ0v) is 15.9. The topological polar surface area (TPSA) is 0 Å². The first-order valence-electron chi connectivity index (χ1n) is 7.79. The van der Waals surface area contributed by atoms with Gasteiger partial charge < -0.3 is 0 Å². The number of hydrogen-bond acceptors (Lipinski definition) is 2. The van der Waals surface area contributed by atoms with Gasteiger partial charge in [0, 0.05) is 19.2 Å². The molecule has 3 aromatic rings. The van der Waals surface area contributed by atoms with Gasteiger partial charge >= 0.3 is 0 Å². The molecule has 23 heavy (non-hydrogen) atoms. The molecule has 124 valence electrons. The number of benzene rings is 1. The summed E-state index contributed by atoms with van der Waals surface area (Å²) < 4.78 is 2.84. The van der Waals surface area contributed by atoms with E-state index in [0.717, 1.165) is 0 Å². The van der Waals surface area contributed by atoms with Gasteiger partial charge in [0.1, 0.15) is 0 Å². The summed E-state index contributed by atoms with van der Waals surface area (Å²) in [7, 11) is 0. The SMILES string of the molecule is C.CC(C)(C)c1ccc(-c2cc3sc(C(C)(C)C)cc3s2)cc1. The first-order valence-corrected chi connectivity index (χ1v) is 9.43. The van der Waals surface area contributed by atoms with E-state index in [1.54, 1.807) is 0 Å².